The number of benzene rings is 3. The molecule has 4 aromatic rings. The number of hydrogen-bond donors (Lipinski definition) is 1. The van der Waals surface area contributed by atoms with E-state index < -0.39 is 17.8 Å². The highest BCUT2D eigenvalue weighted by Gasteiger charge is 2.34. The van der Waals surface area contributed by atoms with Crippen LogP contribution in [0.2, 0.25) is 0 Å². The van der Waals surface area contributed by atoms with Gasteiger partial charge in [0.05, 0.1) is 17.3 Å². The summed E-state index contributed by atoms with van der Waals surface area (Å²) in [6, 6.07) is 21.7. The summed E-state index contributed by atoms with van der Waals surface area (Å²) in [6.07, 6.45) is -1.96. The first-order valence-corrected chi connectivity index (χ1v) is 13.9. The number of imidazole rings is 1. The van der Waals surface area contributed by atoms with Crippen molar-refractivity contribution >= 4 is 21.8 Å². The van der Waals surface area contributed by atoms with Crippen LogP contribution in [0.25, 0.3) is 11.3 Å². The molecule has 0 saturated carbocycles. The highest BCUT2D eigenvalue weighted by atomic mass is 79.9. The average molecular weight is 614 g/mol. The van der Waals surface area contributed by atoms with Gasteiger partial charge in [0, 0.05) is 34.9 Å². The highest BCUT2D eigenvalue weighted by molar-refractivity contribution is 9.10. The average Bonchev–Trinajstić information content (AvgIpc) is 3.33. The summed E-state index contributed by atoms with van der Waals surface area (Å²) in [7, 11) is 0. The number of amides is 1. The molecule has 0 saturated heterocycles. The van der Waals surface area contributed by atoms with Gasteiger partial charge in [0.15, 0.2) is 0 Å². The summed E-state index contributed by atoms with van der Waals surface area (Å²) in [5.41, 5.74) is 7.99. The first kappa shape index (κ1) is 29.6. The van der Waals surface area contributed by atoms with E-state index in [-0.39, 0.29) is 17.4 Å². The van der Waals surface area contributed by atoms with Gasteiger partial charge in [0.1, 0.15) is 5.82 Å². The van der Waals surface area contributed by atoms with Crippen molar-refractivity contribution < 1.29 is 18.0 Å². The molecule has 0 bridgehead atoms. The number of alkyl halides is 3. The Hall–Kier alpha value is -3.43. The molecule has 1 unspecified atom stereocenters. The maximum Gasteiger partial charge on any atom is 0.416 e. The molecule has 0 aliphatic heterocycles. The zero-order valence-electron chi connectivity index (χ0n) is 22.4. The third-order valence-electron chi connectivity index (χ3n) is 6.68. The number of hydrogen-bond acceptors (Lipinski definition) is 3. The molecule has 1 heterocycles. The van der Waals surface area contributed by atoms with E-state index in [0.717, 1.165) is 33.4 Å². The third-order valence-corrected chi connectivity index (χ3v) is 7.17. The topological polar surface area (TPSA) is 64.2 Å². The lowest BCUT2D eigenvalue weighted by atomic mass is 9.99. The molecule has 1 atom stereocenters. The molecule has 0 aliphatic rings. The molecule has 0 fully saturated rings. The molecule has 9 heteroatoms. The number of aromatic nitrogens is 2. The number of carbonyl (C=O) groups is 1. The molecular weight excluding hydrogens is 581 g/mol. The standard InChI is InChI=1S/C31H32BrF3N4O/c1-21(2)28(39(17-7-16-36)30(40)23-12-14-25(15-13-23)31(33,34)35)29-37-27(24-10-6-11-26(32)18-24)20-38(29)19-22-8-4-3-5-9-22/h3-6,8-15,18,20-21,28H,7,16-17,19,36H2,1-2H3. The van der Waals surface area contributed by atoms with Crippen LogP contribution in [0, 0.1) is 5.92 Å². The molecule has 0 aliphatic carbocycles. The van der Waals surface area contributed by atoms with Gasteiger partial charge in [-0.05, 0) is 60.8 Å². The number of nitrogens with two attached hydrogens (primary N) is 1. The van der Waals surface area contributed by atoms with Crippen molar-refractivity contribution in [3.63, 3.8) is 0 Å². The summed E-state index contributed by atoms with van der Waals surface area (Å²) < 4.78 is 42.5. The van der Waals surface area contributed by atoms with Gasteiger partial charge in [-0.2, -0.15) is 13.2 Å². The van der Waals surface area contributed by atoms with E-state index >= 15 is 0 Å². The first-order chi connectivity index (χ1) is 19.1. The van der Waals surface area contributed by atoms with Gasteiger partial charge in [-0.15, -0.1) is 0 Å². The molecule has 40 heavy (non-hydrogen) atoms. The van der Waals surface area contributed by atoms with Crippen molar-refractivity contribution in [2.45, 2.75) is 39.0 Å². The summed E-state index contributed by atoms with van der Waals surface area (Å²) in [5, 5.41) is 0. The second kappa shape index (κ2) is 12.8. The maximum absolute atomic E-state index is 13.9. The van der Waals surface area contributed by atoms with Crippen molar-refractivity contribution in [3.8, 4) is 11.3 Å². The Morgan fingerprint density at radius 2 is 1.73 bits per heavy atom. The SMILES string of the molecule is CC(C)C(c1nc(-c2cccc(Br)c2)cn1Cc1ccccc1)N(CCCN)C(=O)c1ccc(C(F)(F)F)cc1. The van der Waals surface area contributed by atoms with E-state index in [1.807, 2.05) is 74.6 Å². The number of nitrogens with zero attached hydrogens (tertiary/aromatic N) is 3. The zero-order valence-corrected chi connectivity index (χ0v) is 24.0. The van der Waals surface area contributed by atoms with E-state index in [4.69, 9.17) is 10.7 Å². The summed E-state index contributed by atoms with van der Waals surface area (Å²) in [4.78, 5) is 20.6. The van der Waals surface area contributed by atoms with Crippen LogP contribution < -0.4 is 5.73 Å². The molecule has 3 aromatic carbocycles. The summed E-state index contributed by atoms with van der Waals surface area (Å²) in [6.45, 7) is 5.27. The summed E-state index contributed by atoms with van der Waals surface area (Å²) >= 11 is 3.53. The molecule has 0 radical (unpaired) electrons. The minimum absolute atomic E-state index is 0.0524. The van der Waals surface area contributed by atoms with Crippen LogP contribution in [0.5, 0.6) is 0 Å². The first-order valence-electron chi connectivity index (χ1n) is 13.1. The lowest BCUT2D eigenvalue weighted by molar-refractivity contribution is -0.137. The molecule has 0 spiro atoms. The second-order valence-electron chi connectivity index (χ2n) is 10.0. The Kier molecular flexibility index (Phi) is 9.48. The van der Waals surface area contributed by atoms with E-state index in [1.54, 1.807) is 4.90 Å². The van der Waals surface area contributed by atoms with E-state index in [0.29, 0.717) is 31.9 Å². The smallest absolute Gasteiger partial charge is 0.330 e. The zero-order chi connectivity index (χ0) is 28.9. The van der Waals surface area contributed by atoms with Crippen LogP contribution in [0.4, 0.5) is 13.2 Å². The van der Waals surface area contributed by atoms with Gasteiger partial charge in [-0.1, -0.05) is 72.2 Å². The Morgan fingerprint density at radius 3 is 2.33 bits per heavy atom. The molecule has 5 nitrogen and oxygen atoms in total. The van der Waals surface area contributed by atoms with Crippen molar-refractivity contribution in [2.24, 2.45) is 11.7 Å². The predicted octanol–water partition coefficient (Wildman–Crippen LogP) is 7.57. The fourth-order valence-electron chi connectivity index (χ4n) is 4.75. The van der Waals surface area contributed by atoms with Crippen molar-refractivity contribution in [3.05, 3.63) is 112 Å². The molecule has 4 rings (SSSR count). The van der Waals surface area contributed by atoms with E-state index in [9.17, 15) is 18.0 Å². The van der Waals surface area contributed by atoms with Crippen LogP contribution >= 0.6 is 15.9 Å². The second-order valence-corrected chi connectivity index (χ2v) is 10.9. The minimum Gasteiger partial charge on any atom is -0.330 e. The van der Waals surface area contributed by atoms with Crippen LogP contribution in [0.3, 0.4) is 0 Å². The van der Waals surface area contributed by atoms with Gasteiger partial charge < -0.3 is 15.2 Å². The number of rotatable bonds is 10. The van der Waals surface area contributed by atoms with Gasteiger partial charge in [-0.25, -0.2) is 4.98 Å². The van der Waals surface area contributed by atoms with Gasteiger partial charge >= 0.3 is 6.18 Å². The minimum atomic E-state index is -4.48. The van der Waals surface area contributed by atoms with Crippen molar-refractivity contribution in [2.75, 3.05) is 13.1 Å². The van der Waals surface area contributed by atoms with Gasteiger partial charge in [-0.3, -0.25) is 4.79 Å². The van der Waals surface area contributed by atoms with Crippen LogP contribution in [0.15, 0.2) is 89.5 Å². The Balaban J connectivity index is 1.80. The fourth-order valence-corrected chi connectivity index (χ4v) is 5.15. The highest BCUT2D eigenvalue weighted by Crippen LogP contribution is 2.34. The lowest BCUT2D eigenvalue weighted by Crippen LogP contribution is -2.40. The number of halogens is 4. The normalized spacial score (nSPS) is 12.5. The van der Waals surface area contributed by atoms with Crippen LogP contribution in [-0.2, 0) is 12.7 Å². The summed E-state index contributed by atoms with van der Waals surface area (Å²) in [5.74, 6) is 0.286. The molecule has 1 aromatic heterocycles. The number of carbonyl (C=O) groups excluding carboxylic acids is 1. The van der Waals surface area contributed by atoms with Crippen molar-refractivity contribution in [1.82, 2.24) is 14.5 Å². The van der Waals surface area contributed by atoms with Crippen LogP contribution in [-0.4, -0.2) is 33.4 Å². The molecule has 210 valence electrons. The van der Waals surface area contributed by atoms with E-state index in [1.165, 1.54) is 12.1 Å². The lowest BCUT2D eigenvalue weighted by Gasteiger charge is -2.34. The Labute approximate surface area is 241 Å². The fraction of sp³-hybridized carbons (Fsp3) is 0.290. The Morgan fingerprint density at radius 1 is 1.02 bits per heavy atom. The Bertz CT molecular complexity index is 1420. The van der Waals surface area contributed by atoms with Gasteiger partial charge in [0.25, 0.3) is 5.91 Å². The van der Waals surface area contributed by atoms with Crippen LogP contribution in [0.1, 0.15) is 53.6 Å². The van der Waals surface area contributed by atoms with Crippen molar-refractivity contribution in [1.29, 1.82) is 0 Å². The quantitative estimate of drug-likeness (QED) is 0.201. The molecular formula is C31H32BrF3N4O. The van der Waals surface area contributed by atoms with E-state index in [2.05, 4.69) is 20.5 Å². The molecule has 1 amide bonds. The third kappa shape index (κ3) is 7.01. The largest absolute Gasteiger partial charge is 0.416 e. The molecule has 2 N–H and O–H groups in total. The maximum atomic E-state index is 13.9. The predicted molar refractivity (Wildman–Crippen MR) is 155 cm³/mol. The van der Waals surface area contributed by atoms with Gasteiger partial charge in [0.2, 0.25) is 0 Å². The monoisotopic (exact) mass is 612 g/mol.